The summed E-state index contributed by atoms with van der Waals surface area (Å²) in [7, 11) is 0. The highest BCUT2D eigenvalue weighted by molar-refractivity contribution is 6.08. The number of nitriles is 1. The highest BCUT2D eigenvalue weighted by Gasteiger charge is 2.48. The second-order valence-corrected chi connectivity index (χ2v) is 6.56. The van der Waals surface area contributed by atoms with E-state index < -0.39 is 42.5 Å². The first-order valence-corrected chi connectivity index (χ1v) is 8.83. The van der Waals surface area contributed by atoms with Gasteiger partial charge in [0, 0.05) is 6.54 Å². The Morgan fingerprint density at radius 3 is 2.68 bits per heavy atom. The van der Waals surface area contributed by atoms with Crippen molar-refractivity contribution in [1.82, 2.24) is 15.5 Å². The Labute approximate surface area is 162 Å². The molecule has 1 heterocycles. The minimum atomic E-state index is -1.11. The number of hydrogen-bond acceptors (Lipinski definition) is 6. The summed E-state index contributed by atoms with van der Waals surface area (Å²) >= 11 is 0. The van der Waals surface area contributed by atoms with Crippen molar-refractivity contribution in [3.8, 4) is 6.07 Å². The molecule has 2 rings (SSSR count). The second-order valence-electron chi connectivity index (χ2n) is 6.56. The van der Waals surface area contributed by atoms with Gasteiger partial charge < -0.3 is 15.4 Å². The van der Waals surface area contributed by atoms with Crippen LogP contribution in [0, 0.1) is 11.3 Å². The highest BCUT2D eigenvalue weighted by Crippen LogP contribution is 2.23. The van der Waals surface area contributed by atoms with E-state index in [2.05, 4.69) is 10.6 Å². The number of rotatable bonds is 9. The number of carbonyl (C=O) groups excluding carboxylic acids is 4. The SMILES string of the molecule is C[C@]1(CCc2ccccc2)NC(=O)N(CC(=O)OCC(=O)NCCC#N)C1=O. The van der Waals surface area contributed by atoms with Crippen LogP contribution in [0.3, 0.4) is 0 Å². The van der Waals surface area contributed by atoms with Gasteiger partial charge in [-0.1, -0.05) is 30.3 Å². The largest absolute Gasteiger partial charge is 0.454 e. The van der Waals surface area contributed by atoms with E-state index in [-0.39, 0.29) is 13.0 Å². The lowest BCUT2D eigenvalue weighted by atomic mass is 9.93. The zero-order chi connectivity index (χ0) is 20.6. The number of amides is 4. The molecule has 1 aromatic rings. The van der Waals surface area contributed by atoms with Crippen molar-refractivity contribution in [1.29, 1.82) is 5.26 Å². The number of ether oxygens (including phenoxy) is 1. The monoisotopic (exact) mass is 386 g/mol. The standard InChI is InChI=1S/C19H22N4O5/c1-19(9-8-14-6-3-2-4-7-14)17(26)23(18(27)22-19)12-16(25)28-13-15(24)21-11-5-10-20/h2-4,6-7H,5,8-9,11-13H2,1H3,(H,21,24)(H,22,27)/t19-/m1/s1. The predicted molar refractivity (Wildman–Crippen MR) is 97.6 cm³/mol. The second kappa shape index (κ2) is 9.50. The molecule has 0 radical (unpaired) electrons. The van der Waals surface area contributed by atoms with Crippen LogP contribution in [-0.4, -0.2) is 54.0 Å². The Bertz CT molecular complexity index is 789. The summed E-state index contributed by atoms with van der Waals surface area (Å²) in [6.07, 6.45) is 1.11. The van der Waals surface area contributed by atoms with E-state index in [1.165, 1.54) is 0 Å². The molecule has 1 saturated heterocycles. The molecule has 9 nitrogen and oxygen atoms in total. The van der Waals surface area contributed by atoms with Crippen LogP contribution in [0.5, 0.6) is 0 Å². The van der Waals surface area contributed by atoms with Gasteiger partial charge in [-0.2, -0.15) is 5.26 Å². The Morgan fingerprint density at radius 1 is 1.29 bits per heavy atom. The van der Waals surface area contributed by atoms with Crippen molar-refractivity contribution in [3.63, 3.8) is 0 Å². The highest BCUT2D eigenvalue weighted by atomic mass is 16.5. The Hall–Kier alpha value is -3.41. The normalized spacial score (nSPS) is 18.4. The number of imide groups is 1. The maximum Gasteiger partial charge on any atom is 0.326 e. The maximum atomic E-state index is 12.6. The van der Waals surface area contributed by atoms with E-state index in [0.717, 1.165) is 10.5 Å². The number of esters is 1. The van der Waals surface area contributed by atoms with Gasteiger partial charge in [-0.05, 0) is 25.3 Å². The molecule has 9 heteroatoms. The molecular formula is C19H22N4O5. The molecule has 1 fully saturated rings. The Balaban J connectivity index is 1.84. The fourth-order valence-electron chi connectivity index (χ4n) is 2.73. The van der Waals surface area contributed by atoms with Gasteiger partial charge in [-0.15, -0.1) is 0 Å². The lowest BCUT2D eigenvalue weighted by Crippen LogP contribution is -2.44. The fraction of sp³-hybridized carbons (Fsp3) is 0.421. The molecule has 0 aromatic heterocycles. The van der Waals surface area contributed by atoms with Crippen LogP contribution in [0.1, 0.15) is 25.3 Å². The topological polar surface area (TPSA) is 129 Å². The van der Waals surface area contributed by atoms with Crippen LogP contribution in [0.2, 0.25) is 0 Å². The van der Waals surface area contributed by atoms with Gasteiger partial charge in [0.15, 0.2) is 6.61 Å². The fourth-order valence-corrected chi connectivity index (χ4v) is 2.73. The number of benzene rings is 1. The van der Waals surface area contributed by atoms with Crippen molar-refractivity contribution in [3.05, 3.63) is 35.9 Å². The smallest absolute Gasteiger partial charge is 0.326 e. The van der Waals surface area contributed by atoms with Crippen LogP contribution in [-0.2, 0) is 25.5 Å². The summed E-state index contributed by atoms with van der Waals surface area (Å²) in [5.74, 6) is -1.94. The number of carbonyl (C=O) groups is 4. The molecule has 2 N–H and O–H groups in total. The molecule has 1 atom stereocenters. The van der Waals surface area contributed by atoms with Gasteiger partial charge in [0.05, 0.1) is 12.5 Å². The van der Waals surface area contributed by atoms with Crippen molar-refractivity contribution in [2.75, 3.05) is 19.7 Å². The third-order valence-electron chi connectivity index (χ3n) is 4.31. The molecule has 0 spiro atoms. The van der Waals surface area contributed by atoms with E-state index in [0.29, 0.717) is 12.8 Å². The number of aryl methyl sites for hydroxylation is 1. The molecule has 0 bridgehead atoms. The van der Waals surface area contributed by atoms with E-state index >= 15 is 0 Å². The average Bonchev–Trinajstić information content (AvgIpc) is 2.89. The van der Waals surface area contributed by atoms with Crippen LogP contribution < -0.4 is 10.6 Å². The molecular weight excluding hydrogens is 364 g/mol. The Morgan fingerprint density at radius 2 is 2.00 bits per heavy atom. The van der Waals surface area contributed by atoms with Gasteiger partial charge in [0.25, 0.3) is 11.8 Å². The van der Waals surface area contributed by atoms with E-state index in [9.17, 15) is 19.2 Å². The van der Waals surface area contributed by atoms with Crippen molar-refractivity contribution in [2.24, 2.45) is 0 Å². The number of urea groups is 1. The van der Waals surface area contributed by atoms with E-state index in [1.807, 2.05) is 36.4 Å². The summed E-state index contributed by atoms with van der Waals surface area (Å²) in [6.45, 7) is 0.653. The van der Waals surface area contributed by atoms with Crippen molar-refractivity contribution in [2.45, 2.75) is 31.7 Å². The summed E-state index contributed by atoms with van der Waals surface area (Å²) in [5, 5.41) is 13.4. The van der Waals surface area contributed by atoms with Crippen LogP contribution >= 0.6 is 0 Å². The minimum absolute atomic E-state index is 0.143. The number of hydrogen-bond donors (Lipinski definition) is 2. The zero-order valence-corrected chi connectivity index (χ0v) is 15.6. The first-order valence-electron chi connectivity index (χ1n) is 8.83. The summed E-state index contributed by atoms with van der Waals surface area (Å²) in [5.41, 5.74) is -0.0759. The summed E-state index contributed by atoms with van der Waals surface area (Å²) in [4.78, 5) is 48.9. The minimum Gasteiger partial charge on any atom is -0.454 e. The quantitative estimate of drug-likeness (QED) is 0.361. The van der Waals surface area contributed by atoms with Crippen molar-refractivity contribution >= 4 is 23.8 Å². The average molecular weight is 386 g/mol. The lowest BCUT2D eigenvalue weighted by Gasteiger charge is -2.21. The van der Waals surface area contributed by atoms with Crippen molar-refractivity contribution < 1.29 is 23.9 Å². The van der Waals surface area contributed by atoms with Gasteiger partial charge in [0.2, 0.25) is 0 Å². The van der Waals surface area contributed by atoms with Gasteiger partial charge in [-0.3, -0.25) is 19.3 Å². The molecule has 0 aliphatic carbocycles. The first-order chi connectivity index (χ1) is 13.4. The molecule has 4 amide bonds. The van der Waals surface area contributed by atoms with Crippen LogP contribution in [0.4, 0.5) is 4.79 Å². The van der Waals surface area contributed by atoms with Gasteiger partial charge in [-0.25, -0.2) is 4.79 Å². The number of nitrogens with zero attached hydrogens (tertiary/aromatic N) is 2. The van der Waals surface area contributed by atoms with E-state index in [4.69, 9.17) is 10.00 Å². The molecule has 1 aromatic carbocycles. The summed E-state index contributed by atoms with van der Waals surface area (Å²) < 4.78 is 4.78. The molecule has 0 unspecified atom stereocenters. The molecule has 1 aliphatic heterocycles. The zero-order valence-electron chi connectivity index (χ0n) is 15.6. The van der Waals surface area contributed by atoms with Crippen LogP contribution in [0.25, 0.3) is 0 Å². The van der Waals surface area contributed by atoms with Gasteiger partial charge in [0.1, 0.15) is 12.1 Å². The van der Waals surface area contributed by atoms with E-state index in [1.54, 1.807) is 6.92 Å². The Kier molecular flexibility index (Phi) is 7.09. The molecule has 148 valence electrons. The maximum absolute atomic E-state index is 12.6. The predicted octanol–water partition coefficient (Wildman–Crippen LogP) is 0.503. The molecule has 0 saturated carbocycles. The first kappa shape index (κ1) is 20.9. The van der Waals surface area contributed by atoms with Gasteiger partial charge >= 0.3 is 12.0 Å². The summed E-state index contributed by atoms with van der Waals surface area (Å²) in [6, 6.07) is 10.7. The molecule has 28 heavy (non-hydrogen) atoms. The lowest BCUT2D eigenvalue weighted by molar-refractivity contribution is -0.151. The number of nitrogens with one attached hydrogen (secondary N) is 2. The van der Waals surface area contributed by atoms with Crippen LogP contribution in [0.15, 0.2) is 30.3 Å². The third-order valence-corrected chi connectivity index (χ3v) is 4.31. The molecule has 1 aliphatic rings. The third kappa shape index (κ3) is 5.54.